The number of ether oxygens (including phenoxy) is 2. The van der Waals surface area contributed by atoms with Crippen molar-refractivity contribution in [2.75, 3.05) is 26.3 Å². The summed E-state index contributed by atoms with van der Waals surface area (Å²) in [6.45, 7) is 0.173. The Kier molecular flexibility index (Phi) is 7.39. The van der Waals surface area contributed by atoms with E-state index in [1.807, 2.05) is 25.1 Å². The van der Waals surface area contributed by atoms with Crippen molar-refractivity contribution in [1.29, 1.82) is 5.26 Å². The molecular weight excluding hydrogens is 476 g/mol. The Balaban J connectivity index is 2.00. The fourth-order valence-electron chi connectivity index (χ4n) is 3.74. The van der Waals surface area contributed by atoms with Crippen LogP contribution in [0.5, 0.6) is 5.75 Å². The lowest BCUT2D eigenvalue weighted by molar-refractivity contribution is -0.128. The number of alkyl halides is 2. The number of amides is 1. The summed E-state index contributed by atoms with van der Waals surface area (Å²) in [5, 5.41) is 9.97. The molecule has 7 nitrogen and oxygen atoms in total. The van der Waals surface area contributed by atoms with Crippen molar-refractivity contribution in [3.63, 3.8) is 0 Å². The maximum Gasteiger partial charge on any atom is 0.387 e. The first-order valence-electron chi connectivity index (χ1n) is 10.8. The Morgan fingerprint density at radius 3 is 2.54 bits per heavy atom. The van der Waals surface area contributed by atoms with Crippen LogP contribution in [0.1, 0.15) is 11.1 Å². The maximum atomic E-state index is 13.6. The van der Waals surface area contributed by atoms with Gasteiger partial charge in [-0.3, -0.25) is 14.2 Å². The Hall–Kier alpha value is -3.81. The van der Waals surface area contributed by atoms with Crippen LogP contribution in [0.3, 0.4) is 0 Å². The Morgan fingerprint density at radius 2 is 1.86 bits per heavy atom. The smallest absolute Gasteiger partial charge is 0.387 e. The number of nitrogens with zero attached hydrogens (tertiary/aromatic N) is 3. The summed E-state index contributed by atoms with van der Waals surface area (Å²) in [7, 11) is 0. The van der Waals surface area contributed by atoms with Crippen molar-refractivity contribution in [1.82, 2.24) is 9.47 Å². The fourth-order valence-corrected chi connectivity index (χ4v) is 4.82. The van der Waals surface area contributed by atoms with Crippen LogP contribution in [0.25, 0.3) is 17.3 Å². The third-order valence-electron chi connectivity index (χ3n) is 5.44. The first kappa shape index (κ1) is 24.3. The third-order valence-corrected chi connectivity index (χ3v) is 6.53. The number of carbonyl (C=O) groups excluding carboxylic acids is 1. The molecular formula is C25H21F2N3O4S. The van der Waals surface area contributed by atoms with Crippen LogP contribution in [0.4, 0.5) is 8.78 Å². The molecule has 0 spiro atoms. The van der Waals surface area contributed by atoms with E-state index in [0.717, 1.165) is 16.9 Å². The van der Waals surface area contributed by atoms with Gasteiger partial charge in [0.2, 0.25) is 0 Å². The molecule has 0 aliphatic carbocycles. The first-order chi connectivity index (χ1) is 16.9. The molecule has 4 rings (SSSR count). The number of nitriles is 1. The number of hydrogen-bond donors (Lipinski definition) is 0. The van der Waals surface area contributed by atoms with Crippen molar-refractivity contribution in [2.24, 2.45) is 0 Å². The van der Waals surface area contributed by atoms with Crippen molar-refractivity contribution >= 4 is 28.9 Å². The average molecular weight is 498 g/mol. The van der Waals surface area contributed by atoms with Crippen molar-refractivity contribution in [2.45, 2.75) is 13.5 Å². The molecule has 10 heteroatoms. The van der Waals surface area contributed by atoms with E-state index in [0.29, 0.717) is 32.0 Å². The van der Waals surface area contributed by atoms with Gasteiger partial charge in [0, 0.05) is 18.7 Å². The lowest BCUT2D eigenvalue weighted by Crippen LogP contribution is -2.42. The number of rotatable bonds is 5. The molecule has 180 valence electrons. The lowest BCUT2D eigenvalue weighted by atomic mass is 10.2. The number of para-hydroxylation sites is 2. The molecule has 35 heavy (non-hydrogen) atoms. The molecule has 3 aromatic rings. The van der Waals surface area contributed by atoms with Gasteiger partial charge in [-0.05, 0) is 30.7 Å². The second-order valence-corrected chi connectivity index (χ2v) is 8.68. The summed E-state index contributed by atoms with van der Waals surface area (Å²) in [5.74, 6) is -0.583. The number of aromatic nitrogens is 1. The third kappa shape index (κ3) is 5.16. The summed E-state index contributed by atoms with van der Waals surface area (Å²) < 4.78 is 37.3. The van der Waals surface area contributed by atoms with Gasteiger partial charge in [-0.25, -0.2) is 0 Å². The molecule has 1 aliphatic heterocycles. The topological polar surface area (TPSA) is 84.6 Å². The summed E-state index contributed by atoms with van der Waals surface area (Å²) in [6, 6.07) is 15.2. The van der Waals surface area contributed by atoms with E-state index in [9.17, 15) is 23.6 Å². The number of hydrogen-bond acceptors (Lipinski definition) is 6. The minimum atomic E-state index is -3.03. The molecule has 0 saturated carbocycles. The predicted octanol–water partition coefficient (Wildman–Crippen LogP) is 2.17. The number of benzene rings is 2. The SMILES string of the molecule is Cc1ccccc1-n1c(=O)/c(=C/c2ccccc2OC(F)F)s/c1=C(/C#N)C(=O)N1CCOCC1. The van der Waals surface area contributed by atoms with Crippen LogP contribution in [-0.4, -0.2) is 48.3 Å². The van der Waals surface area contributed by atoms with E-state index < -0.39 is 18.1 Å². The van der Waals surface area contributed by atoms with Gasteiger partial charge >= 0.3 is 6.61 Å². The number of carbonyl (C=O) groups is 1. The van der Waals surface area contributed by atoms with E-state index in [1.165, 1.54) is 21.6 Å². The molecule has 1 saturated heterocycles. The standard InChI is InChI=1S/C25H21F2N3O4S/c1-16-6-2-4-8-19(16)30-23(32)21(14-17-7-3-5-9-20(17)34-25(26)27)35-24(30)18(15-28)22(31)29-10-12-33-13-11-29/h2-9,14,25H,10-13H2,1H3/b21-14-,24-18-. The monoisotopic (exact) mass is 497 g/mol. The summed E-state index contributed by atoms with van der Waals surface area (Å²) in [6.07, 6.45) is 1.43. The molecule has 1 fully saturated rings. The zero-order chi connectivity index (χ0) is 24.9. The Morgan fingerprint density at radius 1 is 1.17 bits per heavy atom. The van der Waals surface area contributed by atoms with E-state index in [4.69, 9.17) is 4.74 Å². The normalized spacial score (nSPS) is 15.2. The van der Waals surface area contributed by atoms with E-state index in [2.05, 4.69) is 4.74 Å². The van der Waals surface area contributed by atoms with Crippen LogP contribution in [0, 0.1) is 18.3 Å². The van der Waals surface area contributed by atoms with Crippen molar-refractivity contribution < 1.29 is 23.0 Å². The molecule has 1 aliphatic rings. The second-order valence-electron chi connectivity index (χ2n) is 7.65. The van der Waals surface area contributed by atoms with E-state index >= 15 is 0 Å². The highest BCUT2D eigenvalue weighted by atomic mass is 32.1. The number of halogens is 2. The maximum absolute atomic E-state index is 13.6. The quantitative estimate of drug-likeness (QED) is 0.540. The molecule has 0 unspecified atom stereocenters. The van der Waals surface area contributed by atoms with Gasteiger partial charge in [0.15, 0.2) is 5.57 Å². The van der Waals surface area contributed by atoms with Gasteiger partial charge in [0.05, 0.1) is 23.4 Å². The van der Waals surface area contributed by atoms with Crippen LogP contribution in [0.15, 0.2) is 53.3 Å². The Labute approximate surface area is 203 Å². The van der Waals surface area contributed by atoms with E-state index in [-0.39, 0.29) is 26.1 Å². The van der Waals surface area contributed by atoms with Crippen LogP contribution < -0.4 is 19.5 Å². The molecule has 0 bridgehead atoms. The highest BCUT2D eigenvalue weighted by molar-refractivity contribution is 7.07. The van der Waals surface area contributed by atoms with Gasteiger partial charge in [-0.2, -0.15) is 14.0 Å². The van der Waals surface area contributed by atoms with Gasteiger partial charge < -0.3 is 14.4 Å². The van der Waals surface area contributed by atoms with Gasteiger partial charge in [-0.15, -0.1) is 11.3 Å². The van der Waals surface area contributed by atoms with E-state index in [1.54, 1.807) is 30.3 Å². The molecule has 1 aromatic heterocycles. The predicted molar refractivity (Wildman–Crippen MR) is 127 cm³/mol. The number of aryl methyl sites for hydroxylation is 1. The highest BCUT2D eigenvalue weighted by Crippen LogP contribution is 2.21. The van der Waals surface area contributed by atoms with Crippen LogP contribution in [0.2, 0.25) is 0 Å². The molecule has 1 amide bonds. The molecule has 0 atom stereocenters. The first-order valence-corrected chi connectivity index (χ1v) is 11.6. The van der Waals surface area contributed by atoms with Crippen molar-refractivity contribution in [3.8, 4) is 17.5 Å². The average Bonchev–Trinajstić information content (AvgIpc) is 3.16. The minimum absolute atomic E-state index is 0.0897. The lowest BCUT2D eigenvalue weighted by Gasteiger charge is -2.26. The highest BCUT2D eigenvalue weighted by Gasteiger charge is 2.24. The zero-order valence-electron chi connectivity index (χ0n) is 18.7. The number of thiazole rings is 1. The molecule has 2 aromatic carbocycles. The number of morpholine rings is 1. The second kappa shape index (κ2) is 10.6. The van der Waals surface area contributed by atoms with Crippen LogP contribution in [-0.2, 0) is 9.53 Å². The minimum Gasteiger partial charge on any atom is -0.434 e. The summed E-state index contributed by atoms with van der Waals surface area (Å²) in [5.41, 5.74) is 0.899. The largest absolute Gasteiger partial charge is 0.434 e. The summed E-state index contributed by atoms with van der Waals surface area (Å²) >= 11 is 0.951. The molecule has 2 heterocycles. The fraction of sp³-hybridized carbons (Fsp3) is 0.240. The van der Waals surface area contributed by atoms with Gasteiger partial charge in [0.1, 0.15) is 16.5 Å². The Bertz CT molecular complexity index is 1470. The van der Waals surface area contributed by atoms with Crippen molar-refractivity contribution in [3.05, 3.63) is 79.2 Å². The molecule has 0 radical (unpaired) electrons. The van der Waals surface area contributed by atoms with Gasteiger partial charge in [0.25, 0.3) is 11.5 Å². The van der Waals surface area contributed by atoms with Crippen LogP contribution >= 0.6 is 11.3 Å². The van der Waals surface area contributed by atoms with Gasteiger partial charge in [-0.1, -0.05) is 36.4 Å². The summed E-state index contributed by atoms with van der Waals surface area (Å²) in [4.78, 5) is 28.3. The zero-order valence-corrected chi connectivity index (χ0v) is 19.6. The molecule has 0 N–H and O–H groups in total.